The van der Waals surface area contributed by atoms with E-state index in [4.69, 9.17) is 4.74 Å². The number of halogens is 5. The largest absolute Gasteiger partial charge is 0.466 e. The Labute approximate surface area is 186 Å². The molecule has 1 heterocycles. The Morgan fingerprint density at radius 2 is 1.97 bits per heavy atom. The second kappa shape index (κ2) is 9.00. The summed E-state index contributed by atoms with van der Waals surface area (Å²) in [4.78, 5) is 25.8. The number of allylic oxidation sites excluding steroid dienone is 1. The molecule has 11 heteroatoms. The number of nitrogens with one attached hydrogen (secondary N) is 1. The summed E-state index contributed by atoms with van der Waals surface area (Å²) < 4.78 is 81.3. The fraction of sp³-hybridized carbons (Fsp3) is 0.500. The molecular weight excluding hydrogens is 451 g/mol. The molecule has 1 aromatic carbocycles. The molecule has 0 radical (unpaired) electrons. The number of rotatable bonds is 5. The number of methoxy groups -OCH3 is 1. The molecule has 2 atom stereocenters. The van der Waals surface area contributed by atoms with Gasteiger partial charge in [-0.1, -0.05) is 0 Å². The minimum Gasteiger partial charge on any atom is -0.466 e. The van der Waals surface area contributed by atoms with Crippen LogP contribution in [0.5, 0.6) is 0 Å². The number of nitriles is 1. The van der Waals surface area contributed by atoms with E-state index in [9.17, 15) is 32.4 Å². The Morgan fingerprint density at radius 3 is 2.45 bits per heavy atom. The van der Waals surface area contributed by atoms with Crippen LogP contribution in [0.3, 0.4) is 0 Å². The van der Waals surface area contributed by atoms with E-state index in [1.54, 1.807) is 0 Å². The molecule has 0 bridgehead atoms. The average molecular weight is 472 g/mol. The maximum absolute atomic E-state index is 15.1. The van der Waals surface area contributed by atoms with Gasteiger partial charge >= 0.3 is 18.1 Å². The standard InChI is InChI=1S/C22H21F5N2O4/c1-21(20(31)33-12-4-3-5-12)10-29-14(8-23)16(19(30)32-2)18(21)15-13(24)7-6-11(9-28)17(15)22(25,26)27/h6-7,12,18,29H,3-5,8,10H2,1-2H3. The van der Waals surface area contributed by atoms with Gasteiger partial charge in [0.05, 0.1) is 41.0 Å². The van der Waals surface area contributed by atoms with Crippen molar-refractivity contribution in [2.45, 2.75) is 44.4 Å². The van der Waals surface area contributed by atoms with Crippen LogP contribution in [0.1, 0.15) is 48.8 Å². The normalized spacial score (nSPS) is 23.3. The summed E-state index contributed by atoms with van der Waals surface area (Å²) >= 11 is 0. The summed E-state index contributed by atoms with van der Waals surface area (Å²) in [6, 6.07) is 2.68. The van der Waals surface area contributed by atoms with E-state index in [0.717, 1.165) is 13.5 Å². The maximum Gasteiger partial charge on any atom is 0.418 e. The van der Waals surface area contributed by atoms with Gasteiger partial charge in [0.15, 0.2) is 0 Å². The number of carbonyl (C=O) groups is 2. The number of nitrogens with zero attached hydrogens (tertiary/aromatic N) is 1. The van der Waals surface area contributed by atoms with E-state index in [0.29, 0.717) is 25.0 Å². The lowest BCUT2D eigenvalue weighted by Crippen LogP contribution is -2.52. The smallest absolute Gasteiger partial charge is 0.418 e. The molecule has 1 saturated carbocycles. The predicted molar refractivity (Wildman–Crippen MR) is 104 cm³/mol. The number of hydrogen-bond donors (Lipinski definition) is 1. The van der Waals surface area contributed by atoms with Crippen molar-refractivity contribution in [3.8, 4) is 6.07 Å². The van der Waals surface area contributed by atoms with Crippen molar-refractivity contribution < 1.29 is 41.0 Å². The molecule has 6 nitrogen and oxygen atoms in total. The summed E-state index contributed by atoms with van der Waals surface area (Å²) in [6.07, 6.45) is -3.76. The zero-order valence-corrected chi connectivity index (χ0v) is 17.8. The average Bonchev–Trinajstić information content (AvgIpc) is 2.74. The van der Waals surface area contributed by atoms with Gasteiger partial charge in [-0.3, -0.25) is 4.79 Å². The molecule has 1 aliphatic heterocycles. The first-order chi connectivity index (χ1) is 15.5. The van der Waals surface area contributed by atoms with Gasteiger partial charge in [0.25, 0.3) is 0 Å². The molecule has 1 aromatic rings. The van der Waals surface area contributed by atoms with Crippen LogP contribution in [0.25, 0.3) is 0 Å². The number of carbonyl (C=O) groups excluding carboxylic acids is 2. The van der Waals surface area contributed by atoms with Crippen LogP contribution in [-0.4, -0.2) is 38.4 Å². The molecule has 2 unspecified atom stereocenters. The monoisotopic (exact) mass is 472 g/mol. The Kier molecular flexibility index (Phi) is 6.68. The molecule has 0 amide bonds. The van der Waals surface area contributed by atoms with Gasteiger partial charge in [0.1, 0.15) is 18.6 Å². The topological polar surface area (TPSA) is 88.4 Å². The highest BCUT2D eigenvalue weighted by Crippen LogP contribution is 2.51. The molecule has 178 valence electrons. The van der Waals surface area contributed by atoms with Crippen LogP contribution in [0, 0.1) is 22.6 Å². The number of benzene rings is 1. The summed E-state index contributed by atoms with van der Waals surface area (Å²) in [7, 11) is 0.924. The zero-order valence-electron chi connectivity index (χ0n) is 17.8. The van der Waals surface area contributed by atoms with Crippen molar-refractivity contribution in [1.29, 1.82) is 5.26 Å². The summed E-state index contributed by atoms with van der Waals surface area (Å²) in [6.45, 7) is -0.533. The molecule has 1 aliphatic carbocycles. The Balaban J connectivity index is 2.35. The fourth-order valence-corrected chi connectivity index (χ4v) is 4.15. The van der Waals surface area contributed by atoms with Crippen LogP contribution < -0.4 is 5.32 Å². The van der Waals surface area contributed by atoms with Crippen molar-refractivity contribution in [3.05, 3.63) is 45.9 Å². The maximum atomic E-state index is 15.1. The molecule has 0 saturated heterocycles. The quantitative estimate of drug-likeness (QED) is 0.517. The lowest BCUT2D eigenvalue weighted by Gasteiger charge is -2.43. The van der Waals surface area contributed by atoms with E-state index in [1.165, 1.54) is 13.0 Å². The minimum absolute atomic E-state index is 0.434. The number of esters is 2. The van der Waals surface area contributed by atoms with Gasteiger partial charge < -0.3 is 14.8 Å². The van der Waals surface area contributed by atoms with Crippen LogP contribution in [0.4, 0.5) is 22.0 Å². The van der Waals surface area contributed by atoms with E-state index in [2.05, 4.69) is 10.1 Å². The van der Waals surface area contributed by atoms with Gasteiger partial charge in [0.2, 0.25) is 0 Å². The van der Waals surface area contributed by atoms with E-state index in [1.807, 2.05) is 0 Å². The SMILES string of the molecule is COC(=O)C1=C(CF)NCC(C)(C(=O)OC2CCC2)C1c1c(F)ccc(C#N)c1C(F)(F)F. The lowest BCUT2D eigenvalue weighted by atomic mass is 9.65. The van der Waals surface area contributed by atoms with E-state index < -0.39 is 82.5 Å². The Bertz CT molecular complexity index is 1040. The van der Waals surface area contributed by atoms with Crippen molar-refractivity contribution in [2.75, 3.05) is 20.3 Å². The summed E-state index contributed by atoms with van der Waals surface area (Å²) in [5, 5.41) is 11.8. The predicted octanol–water partition coefficient (Wildman–Crippen LogP) is 3.90. The molecule has 1 N–H and O–H groups in total. The third kappa shape index (κ3) is 4.26. The molecule has 33 heavy (non-hydrogen) atoms. The number of hydrogen-bond acceptors (Lipinski definition) is 6. The van der Waals surface area contributed by atoms with Crippen LogP contribution in [-0.2, 0) is 25.2 Å². The van der Waals surface area contributed by atoms with Crippen molar-refractivity contribution >= 4 is 11.9 Å². The number of alkyl halides is 4. The minimum atomic E-state index is -5.22. The third-order valence-corrected chi connectivity index (χ3v) is 6.14. The second-order valence-electron chi connectivity index (χ2n) is 8.17. The Hall–Kier alpha value is -3.16. The fourth-order valence-electron chi connectivity index (χ4n) is 4.15. The first-order valence-corrected chi connectivity index (χ1v) is 10.1. The molecule has 3 rings (SSSR count). The number of ether oxygens (including phenoxy) is 2. The highest BCUT2D eigenvalue weighted by Gasteiger charge is 2.55. The highest BCUT2D eigenvalue weighted by atomic mass is 19.4. The Morgan fingerprint density at radius 1 is 1.30 bits per heavy atom. The lowest BCUT2D eigenvalue weighted by molar-refractivity contribution is -0.166. The van der Waals surface area contributed by atoms with E-state index in [-0.39, 0.29) is 0 Å². The van der Waals surface area contributed by atoms with Crippen molar-refractivity contribution in [2.24, 2.45) is 5.41 Å². The molecule has 2 aliphatic rings. The molecule has 0 aromatic heterocycles. The molecule has 1 fully saturated rings. The van der Waals surface area contributed by atoms with Crippen LogP contribution in [0.2, 0.25) is 0 Å². The second-order valence-corrected chi connectivity index (χ2v) is 8.17. The summed E-state index contributed by atoms with van der Waals surface area (Å²) in [5.41, 5.74) is -6.71. The summed E-state index contributed by atoms with van der Waals surface area (Å²) in [5.74, 6) is -5.55. The van der Waals surface area contributed by atoms with Crippen molar-refractivity contribution in [3.63, 3.8) is 0 Å². The first kappa shape index (κ1) is 24.5. The third-order valence-electron chi connectivity index (χ3n) is 6.14. The highest BCUT2D eigenvalue weighted by molar-refractivity contribution is 5.94. The van der Waals surface area contributed by atoms with Gasteiger partial charge in [-0.15, -0.1) is 0 Å². The van der Waals surface area contributed by atoms with Gasteiger partial charge in [-0.2, -0.15) is 18.4 Å². The van der Waals surface area contributed by atoms with Crippen LogP contribution >= 0.6 is 0 Å². The van der Waals surface area contributed by atoms with Gasteiger partial charge in [0, 0.05) is 18.0 Å². The van der Waals surface area contributed by atoms with Crippen molar-refractivity contribution in [1.82, 2.24) is 5.32 Å². The van der Waals surface area contributed by atoms with Gasteiger partial charge in [-0.05, 0) is 38.3 Å². The molecular formula is C22H21F5N2O4. The van der Waals surface area contributed by atoms with Gasteiger partial charge in [-0.25, -0.2) is 13.6 Å². The van der Waals surface area contributed by atoms with E-state index >= 15 is 4.39 Å². The zero-order chi connectivity index (χ0) is 24.6. The van der Waals surface area contributed by atoms with Crippen LogP contribution in [0.15, 0.2) is 23.4 Å². The molecule has 0 spiro atoms. The first-order valence-electron chi connectivity index (χ1n) is 10.1.